The van der Waals surface area contributed by atoms with E-state index in [1.54, 1.807) is 13.8 Å². The molecule has 44 heavy (non-hydrogen) atoms. The maximum atomic E-state index is 16.9. The minimum Gasteiger partial charge on any atom is -0.508 e. The van der Waals surface area contributed by atoms with Crippen molar-refractivity contribution in [3.05, 3.63) is 47.7 Å². The van der Waals surface area contributed by atoms with Crippen LogP contribution in [0.4, 0.5) is 14.6 Å². The first-order chi connectivity index (χ1) is 21.2. The maximum Gasteiger partial charge on any atom is 0.319 e. The normalized spacial score (nSPS) is 21.4. The lowest BCUT2D eigenvalue weighted by Crippen LogP contribution is -2.46. The van der Waals surface area contributed by atoms with Gasteiger partial charge in [0, 0.05) is 18.7 Å². The number of benzene rings is 2. The molecule has 3 saturated heterocycles. The Morgan fingerprint density at radius 2 is 1.77 bits per heavy atom. The van der Waals surface area contributed by atoms with E-state index in [4.69, 9.17) is 9.72 Å². The molecule has 5 heterocycles. The van der Waals surface area contributed by atoms with E-state index in [0.29, 0.717) is 41.5 Å². The fourth-order valence-electron chi connectivity index (χ4n) is 7.39. The van der Waals surface area contributed by atoms with Gasteiger partial charge < -0.3 is 19.8 Å². The molecule has 3 aliphatic heterocycles. The molecule has 0 saturated carbocycles. The van der Waals surface area contributed by atoms with Crippen molar-refractivity contribution in [2.45, 2.75) is 63.5 Å². The lowest BCUT2D eigenvalue weighted by atomic mass is 9.94. The summed E-state index contributed by atoms with van der Waals surface area (Å²) in [5.41, 5.74) is -0.713. The van der Waals surface area contributed by atoms with Crippen molar-refractivity contribution in [2.75, 3.05) is 37.7 Å². The Morgan fingerprint density at radius 1 is 1.00 bits per heavy atom. The molecule has 0 radical (unpaired) electrons. The minimum absolute atomic E-state index is 0.0296. The zero-order valence-electron chi connectivity index (χ0n) is 25.0. The van der Waals surface area contributed by atoms with Crippen LogP contribution in [0.25, 0.3) is 32.9 Å². The number of phenolic OH excluding ortho intramolecular Hbond substituents is 1. The molecule has 7 rings (SSSR count). The summed E-state index contributed by atoms with van der Waals surface area (Å²) in [4.78, 5) is 18.5. The standard InChI is InChI=1S/C34H35F2N5O3/c1-3-7-26-27-30(28(36)29(37-26)25-18-23(42)16-21-8-9-22(35)17-24(21)25)38-32(39-31(27)40-13-4-10-33(2,43)19-40)44-20-34-11-5-14-41(34)15-6-12-34/h8-9,16-18,42-43H,4-6,10-15,19-20H2,1-2H3/t33-/m1/s1. The van der Waals surface area contributed by atoms with Crippen molar-refractivity contribution >= 4 is 27.5 Å². The molecule has 10 heteroatoms. The van der Waals surface area contributed by atoms with Crippen molar-refractivity contribution in [3.8, 4) is 34.9 Å². The highest BCUT2D eigenvalue weighted by atomic mass is 19.1. The molecule has 0 bridgehead atoms. The Hall–Kier alpha value is -4.07. The van der Waals surface area contributed by atoms with Gasteiger partial charge in [0.2, 0.25) is 0 Å². The lowest BCUT2D eigenvalue weighted by Gasteiger charge is -2.38. The van der Waals surface area contributed by atoms with E-state index in [-0.39, 0.29) is 46.3 Å². The summed E-state index contributed by atoms with van der Waals surface area (Å²) in [6.07, 6.45) is 5.63. The van der Waals surface area contributed by atoms with Crippen LogP contribution in [-0.2, 0) is 0 Å². The van der Waals surface area contributed by atoms with Crippen molar-refractivity contribution in [1.82, 2.24) is 19.9 Å². The fourth-order valence-corrected chi connectivity index (χ4v) is 7.39. The van der Waals surface area contributed by atoms with Gasteiger partial charge in [-0.3, -0.25) is 4.90 Å². The van der Waals surface area contributed by atoms with Crippen molar-refractivity contribution in [3.63, 3.8) is 0 Å². The molecule has 0 aliphatic carbocycles. The number of phenols is 1. The fraction of sp³-hybridized carbons (Fsp3) is 0.441. The minimum atomic E-state index is -0.962. The van der Waals surface area contributed by atoms with Gasteiger partial charge in [-0.1, -0.05) is 12.0 Å². The average molecular weight is 600 g/mol. The van der Waals surface area contributed by atoms with Crippen LogP contribution in [0.5, 0.6) is 11.8 Å². The van der Waals surface area contributed by atoms with E-state index < -0.39 is 17.2 Å². The highest BCUT2D eigenvalue weighted by molar-refractivity contribution is 6.01. The number of piperidine rings is 1. The molecule has 0 amide bonds. The highest BCUT2D eigenvalue weighted by Crippen LogP contribution is 2.41. The number of aromatic nitrogens is 3. The second kappa shape index (κ2) is 10.8. The molecule has 3 fully saturated rings. The largest absolute Gasteiger partial charge is 0.508 e. The number of ether oxygens (including phenoxy) is 1. The first kappa shape index (κ1) is 28.7. The number of aromatic hydroxyl groups is 1. The predicted molar refractivity (Wildman–Crippen MR) is 165 cm³/mol. The van der Waals surface area contributed by atoms with Crippen molar-refractivity contribution in [1.29, 1.82) is 0 Å². The third-order valence-corrected chi connectivity index (χ3v) is 9.40. The number of β-amino-alcohol motifs (C(OH)–C–C–N with tert-alkyl or cyclic N) is 1. The van der Waals surface area contributed by atoms with Crippen LogP contribution in [0, 0.1) is 23.5 Å². The number of rotatable bonds is 5. The Bertz CT molecular complexity index is 1840. The third-order valence-electron chi connectivity index (χ3n) is 9.40. The van der Waals surface area contributed by atoms with E-state index in [1.165, 1.54) is 30.3 Å². The molecule has 0 unspecified atom stereocenters. The Morgan fingerprint density at radius 3 is 2.52 bits per heavy atom. The third kappa shape index (κ3) is 4.98. The molecule has 3 aliphatic rings. The second-order valence-corrected chi connectivity index (χ2v) is 12.6. The van der Waals surface area contributed by atoms with E-state index >= 15 is 4.39 Å². The average Bonchev–Trinajstić information content (AvgIpc) is 3.57. The van der Waals surface area contributed by atoms with Crippen LogP contribution in [0.2, 0.25) is 0 Å². The van der Waals surface area contributed by atoms with E-state index in [1.807, 2.05) is 4.90 Å². The van der Waals surface area contributed by atoms with Crippen LogP contribution >= 0.6 is 0 Å². The second-order valence-electron chi connectivity index (χ2n) is 12.6. The van der Waals surface area contributed by atoms with Crippen molar-refractivity contribution < 1.29 is 23.7 Å². The Labute approximate surface area is 254 Å². The van der Waals surface area contributed by atoms with Gasteiger partial charge in [0.15, 0.2) is 5.82 Å². The molecule has 2 aromatic heterocycles. The van der Waals surface area contributed by atoms with Crippen LogP contribution in [0.1, 0.15) is 58.1 Å². The van der Waals surface area contributed by atoms with Gasteiger partial charge in [0.1, 0.15) is 40.9 Å². The number of hydrogen-bond donors (Lipinski definition) is 2. The van der Waals surface area contributed by atoms with Crippen LogP contribution in [0.3, 0.4) is 0 Å². The summed E-state index contributed by atoms with van der Waals surface area (Å²) < 4.78 is 37.6. The zero-order chi connectivity index (χ0) is 30.6. The van der Waals surface area contributed by atoms with Crippen LogP contribution < -0.4 is 9.64 Å². The van der Waals surface area contributed by atoms with Gasteiger partial charge in [-0.2, -0.15) is 9.97 Å². The maximum absolute atomic E-state index is 16.9. The molecular formula is C34H35F2N5O3. The van der Waals surface area contributed by atoms with Crippen LogP contribution in [-0.4, -0.2) is 74.0 Å². The topological polar surface area (TPSA) is 94.8 Å². The van der Waals surface area contributed by atoms with Gasteiger partial charge in [-0.15, -0.1) is 0 Å². The zero-order valence-corrected chi connectivity index (χ0v) is 25.0. The molecule has 2 aromatic carbocycles. The summed E-state index contributed by atoms with van der Waals surface area (Å²) in [6.45, 7) is 6.80. The summed E-state index contributed by atoms with van der Waals surface area (Å²) in [6, 6.07) is 7.03. The summed E-state index contributed by atoms with van der Waals surface area (Å²) >= 11 is 0. The van der Waals surface area contributed by atoms with Gasteiger partial charge in [0.05, 0.1) is 16.5 Å². The lowest BCUT2D eigenvalue weighted by molar-refractivity contribution is 0.0447. The molecule has 8 nitrogen and oxygen atoms in total. The number of anilines is 1. The van der Waals surface area contributed by atoms with Crippen molar-refractivity contribution in [2.24, 2.45) is 0 Å². The highest BCUT2D eigenvalue weighted by Gasteiger charge is 2.45. The van der Waals surface area contributed by atoms with E-state index in [9.17, 15) is 14.6 Å². The summed E-state index contributed by atoms with van der Waals surface area (Å²) in [5.74, 6) is 4.93. The van der Waals surface area contributed by atoms with Gasteiger partial charge >= 0.3 is 6.01 Å². The summed E-state index contributed by atoms with van der Waals surface area (Å²) in [7, 11) is 0. The Balaban J connectivity index is 1.45. The molecule has 2 N–H and O–H groups in total. The summed E-state index contributed by atoms with van der Waals surface area (Å²) in [5, 5.41) is 22.7. The predicted octanol–water partition coefficient (Wildman–Crippen LogP) is 5.56. The molecule has 228 valence electrons. The quantitative estimate of drug-likeness (QED) is 0.288. The molecular weight excluding hydrogens is 564 g/mol. The number of hydrogen-bond acceptors (Lipinski definition) is 8. The monoisotopic (exact) mass is 599 g/mol. The number of halogens is 2. The molecule has 1 atom stereocenters. The van der Waals surface area contributed by atoms with Gasteiger partial charge in [0.25, 0.3) is 0 Å². The van der Waals surface area contributed by atoms with E-state index in [0.717, 1.165) is 45.2 Å². The van der Waals surface area contributed by atoms with Gasteiger partial charge in [-0.25, -0.2) is 13.8 Å². The molecule has 4 aromatic rings. The Kier molecular flexibility index (Phi) is 7.06. The van der Waals surface area contributed by atoms with Crippen LogP contribution in [0.15, 0.2) is 30.3 Å². The number of fused-ring (bicyclic) bond motifs is 3. The first-order valence-corrected chi connectivity index (χ1v) is 15.3. The number of nitrogens with zero attached hydrogens (tertiary/aromatic N) is 5. The SMILES string of the molecule is CC#Cc1nc(-c2cc(O)cc3ccc(F)cc23)c(F)c2nc(OCC34CCCN3CCC4)nc(N3CCC[C@@](C)(O)C3)c12. The number of aliphatic hydroxyl groups is 1. The number of pyridine rings is 1. The smallest absolute Gasteiger partial charge is 0.319 e. The first-order valence-electron chi connectivity index (χ1n) is 15.3. The van der Waals surface area contributed by atoms with Gasteiger partial charge in [-0.05, 0) is 106 Å². The van der Waals surface area contributed by atoms with E-state index in [2.05, 4.69) is 26.7 Å². The molecule has 0 spiro atoms.